The minimum Gasteiger partial charge on any atom is -0.286 e. The molecule has 0 amide bonds. The maximum absolute atomic E-state index is 10.8. The summed E-state index contributed by atoms with van der Waals surface area (Å²) in [5.41, 5.74) is 0. The Morgan fingerprint density at radius 2 is 1.60 bits per heavy atom. The van der Waals surface area contributed by atoms with E-state index in [9.17, 15) is 16.8 Å². The molecule has 0 radical (unpaired) electrons. The quantitative estimate of drug-likeness (QED) is 0.458. The number of nitrogens with zero attached hydrogens (tertiary/aromatic N) is 2. The van der Waals surface area contributed by atoms with Crippen LogP contribution in [0.4, 0.5) is 0 Å². The van der Waals surface area contributed by atoms with E-state index < -0.39 is 26.2 Å². The van der Waals surface area contributed by atoms with E-state index in [0.717, 1.165) is 5.01 Å². The molecule has 0 aliphatic carbocycles. The highest BCUT2D eigenvalue weighted by Crippen LogP contribution is 2.01. The average Bonchev–Trinajstić information content (AvgIpc) is 1.98. The van der Waals surface area contributed by atoms with Crippen LogP contribution in [0.25, 0.3) is 0 Å². The molecule has 0 atom stereocenters. The Labute approximate surface area is 89.1 Å². The third-order valence-corrected chi connectivity index (χ3v) is 3.36. The minimum atomic E-state index is -4.40. The predicted molar refractivity (Wildman–Crippen MR) is 53.0 cm³/mol. The molecule has 0 saturated carbocycles. The van der Waals surface area contributed by atoms with Crippen LogP contribution >= 0.6 is 0 Å². The van der Waals surface area contributed by atoms with Crippen LogP contribution in [0.1, 0.15) is 6.92 Å². The van der Waals surface area contributed by atoms with Gasteiger partial charge in [-0.2, -0.15) is 16.8 Å². The fourth-order valence-corrected chi connectivity index (χ4v) is 2.19. The van der Waals surface area contributed by atoms with Crippen molar-refractivity contribution in [3.8, 4) is 0 Å². The van der Waals surface area contributed by atoms with Crippen LogP contribution in [0.15, 0.2) is 0 Å². The molecule has 0 unspecified atom stereocenters. The third kappa shape index (κ3) is 6.02. The van der Waals surface area contributed by atoms with Crippen molar-refractivity contribution in [2.45, 2.75) is 6.92 Å². The summed E-state index contributed by atoms with van der Waals surface area (Å²) in [4.78, 5) is 0. The second kappa shape index (κ2) is 5.18. The first-order valence-electron chi connectivity index (χ1n) is 3.99. The lowest BCUT2D eigenvalue weighted by atomic mass is 10.7. The molecule has 0 aromatic carbocycles. The highest BCUT2D eigenvalue weighted by atomic mass is 32.2. The summed E-state index contributed by atoms with van der Waals surface area (Å²) in [6, 6.07) is 0. The van der Waals surface area contributed by atoms with Crippen LogP contribution < -0.4 is 0 Å². The zero-order chi connectivity index (χ0) is 12.3. The zero-order valence-corrected chi connectivity index (χ0v) is 9.99. The van der Waals surface area contributed by atoms with Crippen molar-refractivity contribution < 1.29 is 25.9 Å². The van der Waals surface area contributed by atoms with Crippen molar-refractivity contribution in [2.24, 2.45) is 0 Å². The molecule has 0 aromatic heterocycles. The number of hydrazine groups is 1. The van der Waals surface area contributed by atoms with Crippen LogP contribution in [0, 0.1) is 0 Å². The molecule has 0 spiro atoms. The van der Waals surface area contributed by atoms with Gasteiger partial charge >= 0.3 is 10.3 Å². The Balaban J connectivity index is 4.50. The van der Waals surface area contributed by atoms with Gasteiger partial charge in [0.25, 0.3) is 10.1 Å². The molecule has 8 nitrogen and oxygen atoms in total. The smallest absolute Gasteiger partial charge is 0.286 e. The van der Waals surface area contributed by atoms with E-state index in [-0.39, 0.29) is 13.1 Å². The second-order valence-electron chi connectivity index (χ2n) is 2.78. The molecule has 0 fully saturated rings. The van der Waals surface area contributed by atoms with Gasteiger partial charge in [0.15, 0.2) is 0 Å². The first kappa shape index (κ1) is 14.7. The summed E-state index contributed by atoms with van der Waals surface area (Å²) in [6.45, 7) is 1.19. The summed E-state index contributed by atoms with van der Waals surface area (Å²) >= 11 is 0. The molecule has 0 saturated heterocycles. The van der Waals surface area contributed by atoms with Crippen molar-refractivity contribution in [3.63, 3.8) is 0 Å². The fourth-order valence-electron chi connectivity index (χ4n) is 0.940. The first-order valence-corrected chi connectivity index (χ1v) is 7.00. The standard InChI is InChI=1S/C5H14N2O6S2/c1-3-7(15(11,12)13)6(2)4-5-14(8,9)10/h3-5H2,1-2H3,(H,8,9,10)(H,11,12,13). The highest BCUT2D eigenvalue weighted by molar-refractivity contribution is 7.85. The Morgan fingerprint density at radius 1 is 1.13 bits per heavy atom. The van der Waals surface area contributed by atoms with Gasteiger partial charge in [0.05, 0.1) is 5.75 Å². The van der Waals surface area contributed by atoms with Crippen molar-refractivity contribution >= 4 is 20.4 Å². The summed E-state index contributed by atoms with van der Waals surface area (Å²) in [7, 11) is -7.27. The zero-order valence-electron chi connectivity index (χ0n) is 8.36. The van der Waals surface area contributed by atoms with Crippen molar-refractivity contribution in [1.82, 2.24) is 9.42 Å². The molecule has 0 rings (SSSR count). The third-order valence-electron chi connectivity index (χ3n) is 1.59. The van der Waals surface area contributed by atoms with Gasteiger partial charge in [-0.25, -0.2) is 5.01 Å². The summed E-state index contributed by atoms with van der Waals surface area (Å²) < 4.78 is 60.0. The molecular formula is C5H14N2O6S2. The van der Waals surface area contributed by atoms with E-state index in [1.807, 2.05) is 0 Å². The second-order valence-corrected chi connectivity index (χ2v) is 5.67. The van der Waals surface area contributed by atoms with E-state index in [2.05, 4.69) is 0 Å². The van der Waals surface area contributed by atoms with Gasteiger partial charge in [-0.05, 0) is 6.92 Å². The van der Waals surface area contributed by atoms with Crippen LogP contribution in [0.2, 0.25) is 0 Å². The van der Waals surface area contributed by atoms with E-state index in [0.29, 0.717) is 4.41 Å². The fraction of sp³-hybridized carbons (Fsp3) is 1.00. The molecule has 2 N–H and O–H groups in total. The van der Waals surface area contributed by atoms with Crippen LogP contribution in [-0.4, -0.2) is 61.3 Å². The van der Waals surface area contributed by atoms with Gasteiger partial charge in [-0.3, -0.25) is 9.11 Å². The molecule has 15 heavy (non-hydrogen) atoms. The van der Waals surface area contributed by atoms with Crippen molar-refractivity contribution in [2.75, 3.05) is 25.9 Å². The van der Waals surface area contributed by atoms with Gasteiger partial charge in [0.2, 0.25) is 0 Å². The summed E-state index contributed by atoms with van der Waals surface area (Å²) in [5, 5.41) is 0.989. The van der Waals surface area contributed by atoms with Gasteiger partial charge in [-0.15, -0.1) is 4.41 Å². The van der Waals surface area contributed by atoms with Crippen LogP contribution in [0.3, 0.4) is 0 Å². The topological polar surface area (TPSA) is 115 Å². The normalized spacial score (nSPS) is 13.7. The first-order chi connectivity index (χ1) is 6.58. The number of hydrogen-bond acceptors (Lipinski definition) is 5. The maximum Gasteiger partial charge on any atom is 0.349 e. The Bertz CT molecular complexity index is 388. The van der Waals surface area contributed by atoms with Crippen molar-refractivity contribution in [1.29, 1.82) is 0 Å². The monoisotopic (exact) mass is 262 g/mol. The Kier molecular flexibility index (Phi) is 5.09. The number of hydrogen-bond donors (Lipinski definition) is 2. The molecule has 10 heteroatoms. The average molecular weight is 262 g/mol. The SMILES string of the molecule is CCN(N(C)CCS(=O)(=O)O)S(=O)(=O)O. The molecular weight excluding hydrogens is 248 g/mol. The van der Waals surface area contributed by atoms with E-state index in [1.54, 1.807) is 0 Å². The lowest BCUT2D eigenvalue weighted by Gasteiger charge is -2.26. The minimum absolute atomic E-state index is 0.0409. The predicted octanol–water partition coefficient (Wildman–Crippen LogP) is -1.15. The highest BCUT2D eigenvalue weighted by Gasteiger charge is 2.22. The Hall–Kier alpha value is -0.260. The van der Waals surface area contributed by atoms with E-state index >= 15 is 0 Å². The van der Waals surface area contributed by atoms with E-state index in [4.69, 9.17) is 9.11 Å². The molecule has 0 bridgehead atoms. The van der Waals surface area contributed by atoms with Gasteiger partial charge < -0.3 is 0 Å². The molecule has 0 aromatic rings. The molecule has 0 aliphatic heterocycles. The van der Waals surface area contributed by atoms with Crippen molar-refractivity contribution in [3.05, 3.63) is 0 Å². The molecule has 0 heterocycles. The summed E-state index contributed by atoms with van der Waals surface area (Å²) in [5.74, 6) is -0.616. The largest absolute Gasteiger partial charge is 0.349 e. The van der Waals surface area contributed by atoms with Crippen LogP contribution in [0.5, 0.6) is 0 Å². The van der Waals surface area contributed by atoms with Gasteiger partial charge in [0, 0.05) is 20.1 Å². The lowest BCUT2D eigenvalue weighted by molar-refractivity contribution is 0.0926. The summed E-state index contributed by atoms with van der Waals surface area (Å²) in [6.07, 6.45) is 0. The van der Waals surface area contributed by atoms with E-state index in [1.165, 1.54) is 14.0 Å². The Morgan fingerprint density at radius 3 is 1.87 bits per heavy atom. The lowest BCUT2D eigenvalue weighted by Crippen LogP contribution is -2.45. The van der Waals surface area contributed by atoms with Gasteiger partial charge in [-0.1, -0.05) is 0 Å². The molecule has 0 aliphatic rings. The molecule has 92 valence electrons. The van der Waals surface area contributed by atoms with Gasteiger partial charge in [0.1, 0.15) is 0 Å². The number of rotatable bonds is 6. The van der Waals surface area contributed by atoms with Crippen LogP contribution in [-0.2, 0) is 20.4 Å². The maximum atomic E-state index is 10.8.